The van der Waals surface area contributed by atoms with E-state index in [1.54, 1.807) is 6.92 Å². The Morgan fingerprint density at radius 2 is 2.17 bits per heavy atom. The third-order valence-electron chi connectivity index (χ3n) is 3.44. The van der Waals surface area contributed by atoms with E-state index in [0.717, 1.165) is 19.1 Å². The minimum absolute atomic E-state index is 0.0856. The molecule has 2 rings (SSSR count). The zero-order chi connectivity index (χ0) is 13.4. The second-order valence-electron chi connectivity index (χ2n) is 5.33. The number of carbonyl (C=O) groups is 1. The minimum Gasteiger partial charge on any atom is -0.363 e. The Morgan fingerprint density at radius 3 is 2.72 bits per heavy atom. The zero-order valence-electron chi connectivity index (χ0n) is 10.8. The molecule has 2 aliphatic rings. The Kier molecular flexibility index (Phi) is 3.66. The lowest BCUT2D eigenvalue weighted by Crippen LogP contribution is -2.59. The fraction of sp³-hybridized carbons (Fsp3) is 0.909. The summed E-state index contributed by atoms with van der Waals surface area (Å²) in [6.45, 7) is 2.95. The third-order valence-corrected chi connectivity index (χ3v) is 4.69. The predicted octanol–water partition coefficient (Wildman–Crippen LogP) is -0.437. The molecule has 1 heterocycles. The lowest BCUT2D eigenvalue weighted by molar-refractivity contribution is -0.152. The molecular weight excluding hydrogens is 256 g/mol. The van der Waals surface area contributed by atoms with Crippen LogP contribution in [0.1, 0.15) is 19.8 Å². The lowest BCUT2D eigenvalue weighted by atomic mass is 10.0. The molecule has 0 aromatic carbocycles. The van der Waals surface area contributed by atoms with E-state index in [0.29, 0.717) is 19.0 Å². The average Bonchev–Trinajstić information content (AvgIpc) is 3.08. The molecule has 1 atom stereocenters. The molecule has 1 aliphatic carbocycles. The van der Waals surface area contributed by atoms with Crippen LogP contribution in [0.15, 0.2) is 0 Å². The number of nitrogens with zero attached hydrogens (tertiary/aromatic N) is 1. The summed E-state index contributed by atoms with van der Waals surface area (Å²) in [5, 5.41) is 2.84. The van der Waals surface area contributed by atoms with Crippen LogP contribution < -0.4 is 5.32 Å². The molecule has 0 radical (unpaired) electrons. The molecule has 0 aromatic rings. The molecule has 0 bridgehead atoms. The molecule has 18 heavy (non-hydrogen) atoms. The number of sulfonamides is 1. The van der Waals surface area contributed by atoms with E-state index in [9.17, 15) is 13.2 Å². The van der Waals surface area contributed by atoms with Crippen LogP contribution in [0.5, 0.6) is 0 Å². The van der Waals surface area contributed by atoms with Gasteiger partial charge in [-0.15, -0.1) is 0 Å². The van der Waals surface area contributed by atoms with Gasteiger partial charge in [0.05, 0.1) is 19.4 Å². The van der Waals surface area contributed by atoms with Crippen LogP contribution in [0.2, 0.25) is 0 Å². The van der Waals surface area contributed by atoms with E-state index in [4.69, 9.17) is 4.74 Å². The van der Waals surface area contributed by atoms with Gasteiger partial charge in [0.2, 0.25) is 10.0 Å². The van der Waals surface area contributed by atoms with Crippen LogP contribution in [-0.4, -0.2) is 56.7 Å². The van der Waals surface area contributed by atoms with Gasteiger partial charge in [-0.25, -0.2) is 8.42 Å². The van der Waals surface area contributed by atoms with Crippen molar-refractivity contribution in [3.05, 3.63) is 0 Å². The summed E-state index contributed by atoms with van der Waals surface area (Å²) >= 11 is 0. The third kappa shape index (κ3) is 3.21. The van der Waals surface area contributed by atoms with Crippen LogP contribution in [0.3, 0.4) is 0 Å². The maximum absolute atomic E-state index is 12.1. The number of hydrogen-bond donors (Lipinski definition) is 1. The van der Waals surface area contributed by atoms with Crippen LogP contribution >= 0.6 is 0 Å². The van der Waals surface area contributed by atoms with Gasteiger partial charge < -0.3 is 10.1 Å². The summed E-state index contributed by atoms with van der Waals surface area (Å²) in [5.41, 5.74) is -1.07. The molecule has 1 amide bonds. The molecule has 7 heteroatoms. The van der Waals surface area contributed by atoms with Crippen molar-refractivity contribution in [1.29, 1.82) is 0 Å². The fourth-order valence-corrected chi connectivity index (χ4v) is 2.89. The van der Waals surface area contributed by atoms with Crippen molar-refractivity contribution in [3.8, 4) is 0 Å². The first-order valence-corrected chi connectivity index (χ1v) is 8.03. The topological polar surface area (TPSA) is 75.7 Å². The summed E-state index contributed by atoms with van der Waals surface area (Å²) in [6.07, 6.45) is 3.47. The Balaban J connectivity index is 1.97. The van der Waals surface area contributed by atoms with Crippen LogP contribution in [0.25, 0.3) is 0 Å². The van der Waals surface area contributed by atoms with Gasteiger partial charge in [-0.1, -0.05) is 0 Å². The van der Waals surface area contributed by atoms with E-state index >= 15 is 0 Å². The number of rotatable bonds is 4. The summed E-state index contributed by atoms with van der Waals surface area (Å²) in [4.78, 5) is 12.1. The summed E-state index contributed by atoms with van der Waals surface area (Å²) in [7, 11) is -3.28. The Bertz CT molecular complexity index is 432. The molecule has 1 saturated heterocycles. The second kappa shape index (κ2) is 4.79. The monoisotopic (exact) mass is 276 g/mol. The van der Waals surface area contributed by atoms with E-state index in [1.807, 2.05) is 0 Å². The fourth-order valence-electron chi connectivity index (χ4n) is 2.00. The molecule has 6 nitrogen and oxygen atoms in total. The molecule has 1 unspecified atom stereocenters. The SMILES string of the molecule is CC1(C(=O)NCC2CC2)CN(S(C)(=O)=O)CCO1. The highest BCUT2D eigenvalue weighted by molar-refractivity contribution is 7.88. The Morgan fingerprint density at radius 1 is 1.50 bits per heavy atom. The van der Waals surface area contributed by atoms with Gasteiger partial charge in [0.15, 0.2) is 5.60 Å². The van der Waals surface area contributed by atoms with Crippen LogP contribution in [0.4, 0.5) is 0 Å². The van der Waals surface area contributed by atoms with Crippen molar-refractivity contribution in [2.75, 3.05) is 32.5 Å². The van der Waals surface area contributed by atoms with Crippen molar-refractivity contribution < 1.29 is 17.9 Å². The lowest BCUT2D eigenvalue weighted by Gasteiger charge is -2.37. The highest BCUT2D eigenvalue weighted by Crippen LogP contribution is 2.28. The standard InChI is InChI=1S/C11H20N2O4S/c1-11(10(14)12-7-9-3-4-9)8-13(5-6-17-11)18(2,15)16/h9H,3-8H2,1-2H3,(H,12,14). The van der Waals surface area contributed by atoms with Crippen molar-refractivity contribution in [1.82, 2.24) is 9.62 Å². The maximum Gasteiger partial charge on any atom is 0.253 e. The normalized spacial score (nSPS) is 30.1. The molecule has 1 aliphatic heterocycles. The second-order valence-corrected chi connectivity index (χ2v) is 7.31. The quantitative estimate of drug-likeness (QED) is 0.755. The molecule has 0 aromatic heterocycles. The first kappa shape index (κ1) is 13.8. The van der Waals surface area contributed by atoms with E-state index in [1.165, 1.54) is 4.31 Å². The Labute approximate surface area is 108 Å². The van der Waals surface area contributed by atoms with E-state index in [-0.39, 0.29) is 19.1 Å². The van der Waals surface area contributed by atoms with E-state index < -0.39 is 15.6 Å². The average molecular weight is 276 g/mol. The predicted molar refractivity (Wildman–Crippen MR) is 66.5 cm³/mol. The minimum atomic E-state index is -3.28. The van der Waals surface area contributed by atoms with Gasteiger partial charge >= 0.3 is 0 Å². The largest absolute Gasteiger partial charge is 0.363 e. The van der Waals surface area contributed by atoms with Crippen molar-refractivity contribution in [2.45, 2.75) is 25.4 Å². The van der Waals surface area contributed by atoms with Gasteiger partial charge in [0.1, 0.15) is 0 Å². The molecule has 104 valence electrons. The number of amides is 1. The number of ether oxygens (including phenoxy) is 1. The van der Waals surface area contributed by atoms with E-state index in [2.05, 4.69) is 5.32 Å². The first-order chi connectivity index (χ1) is 8.31. The summed E-state index contributed by atoms with van der Waals surface area (Å²) in [6, 6.07) is 0. The number of nitrogens with one attached hydrogen (secondary N) is 1. The van der Waals surface area contributed by atoms with Crippen molar-refractivity contribution in [2.24, 2.45) is 5.92 Å². The zero-order valence-corrected chi connectivity index (χ0v) is 11.6. The highest BCUT2D eigenvalue weighted by Gasteiger charge is 2.42. The number of morpholine rings is 1. The molecule has 1 N–H and O–H groups in total. The maximum atomic E-state index is 12.1. The Hall–Kier alpha value is -0.660. The van der Waals surface area contributed by atoms with Crippen LogP contribution in [0, 0.1) is 5.92 Å². The first-order valence-electron chi connectivity index (χ1n) is 6.19. The molecule has 0 spiro atoms. The summed E-state index contributed by atoms with van der Waals surface area (Å²) in [5.74, 6) is 0.370. The van der Waals surface area contributed by atoms with Crippen LogP contribution in [-0.2, 0) is 19.6 Å². The van der Waals surface area contributed by atoms with Gasteiger partial charge in [0.25, 0.3) is 5.91 Å². The summed E-state index contributed by atoms with van der Waals surface area (Å²) < 4.78 is 29.8. The number of carbonyl (C=O) groups excluding carboxylic acids is 1. The van der Waals surface area contributed by atoms with Gasteiger partial charge in [-0.05, 0) is 25.7 Å². The molecule has 1 saturated carbocycles. The molecule has 2 fully saturated rings. The van der Waals surface area contributed by atoms with Gasteiger partial charge in [0, 0.05) is 13.1 Å². The van der Waals surface area contributed by atoms with Gasteiger partial charge in [-0.3, -0.25) is 4.79 Å². The smallest absolute Gasteiger partial charge is 0.253 e. The van der Waals surface area contributed by atoms with Gasteiger partial charge in [-0.2, -0.15) is 4.31 Å². The van der Waals surface area contributed by atoms with Crippen molar-refractivity contribution in [3.63, 3.8) is 0 Å². The number of hydrogen-bond acceptors (Lipinski definition) is 4. The van der Waals surface area contributed by atoms with Crippen molar-refractivity contribution >= 4 is 15.9 Å². The highest BCUT2D eigenvalue weighted by atomic mass is 32.2. The molecular formula is C11H20N2O4S.